The normalized spacial score (nSPS) is 19.8. The van der Waals surface area contributed by atoms with Gasteiger partial charge in [-0.15, -0.1) is 0 Å². The Bertz CT molecular complexity index is 450. The third-order valence-electron chi connectivity index (χ3n) is 3.21. The minimum Gasteiger partial charge on any atom is -0.317 e. The Kier molecular flexibility index (Phi) is 4.77. The molecule has 18 heavy (non-hydrogen) atoms. The minimum absolute atomic E-state index is 0.0421. The van der Waals surface area contributed by atoms with Gasteiger partial charge in [-0.05, 0) is 61.7 Å². The van der Waals surface area contributed by atoms with Crippen molar-refractivity contribution in [2.45, 2.75) is 37.5 Å². The molecule has 1 unspecified atom stereocenters. The van der Waals surface area contributed by atoms with Crippen LogP contribution >= 0.6 is 11.3 Å². The maximum Gasteiger partial charge on any atom is 0.214 e. The van der Waals surface area contributed by atoms with E-state index in [0.29, 0.717) is 12.8 Å². The van der Waals surface area contributed by atoms with Crippen LogP contribution in [0.2, 0.25) is 0 Å². The van der Waals surface area contributed by atoms with Crippen molar-refractivity contribution in [1.29, 1.82) is 0 Å². The lowest BCUT2D eigenvalue weighted by Crippen LogP contribution is -2.45. The zero-order chi connectivity index (χ0) is 13.0. The topological polar surface area (TPSA) is 58.2 Å². The molecule has 0 amide bonds. The van der Waals surface area contributed by atoms with Crippen molar-refractivity contribution in [3.63, 3.8) is 0 Å². The summed E-state index contributed by atoms with van der Waals surface area (Å²) in [5.74, 6) is 0. The molecule has 0 aromatic carbocycles. The highest BCUT2D eigenvalue weighted by atomic mass is 32.2. The third-order valence-corrected chi connectivity index (χ3v) is 6.02. The molecular weight excluding hydrogens is 268 g/mol. The van der Waals surface area contributed by atoms with Crippen molar-refractivity contribution in [3.8, 4) is 0 Å². The molecule has 1 aromatic rings. The number of hydrogen-bond donors (Lipinski definition) is 2. The van der Waals surface area contributed by atoms with Crippen LogP contribution in [0.1, 0.15) is 25.3 Å². The molecule has 2 heterocycles. The number of thiophene rings is 1. The predicted molar refractivity (Wildman–Crippen MR) is 75.4 cm³/mol. The molecule has 2 N–H and O–H groups in total. The van der Waals surface area contributed by atoms with Gasteiger partial charge >= 0.3 is 0 Å². The predicted octanol–water partition coefficient (Wildman–Crippen LogP) is 1.35. The van der Waals surface area contributed by atoms with Crippen molar-refractivity contribution in [3.05, 3.63) is 22.4 Å². The van der Waals surface area contributed by atoms with E-state index in [4.69, 9.17) is 0 Å². The van der Waals surface area contributed by atoms with Crippen molar-refractivity contribution in [1.82, 2.24) is 10.0 Å². The Labute approximate surface area is 113 Å². The van der Waals surface area contributed by atoms with Gasteiger partial charge in [-0.3, -0.25) is 0 Å². The SMILES string of the molecule is CC(Cc1ccsc1)NS(=O)(=O)C1CCNCC1. The molecule has 102 valence electrons. The standard InChI is InChI=1S/C12H20N2O2S2/c1-10(8-11-4-7-17-9-11)14-18(15,16)12-2-5-13-6-3-12/h4,7,9-10,12-14H,2-3,5-6,8H2,1H3. The van der Waals surface area contributed by atoms with Gasteiger partial charge in [0.25, 0.3) is 0 Å². The summed E-state index contributed by atoms with van der Waals surface area (Å²) >= 11 is 1.64. The molecule has 1 saturated heterocycles. The Balaban J connectivity index is 1.90. The first-order valence-electron chi connectivity index (χ1n) is 6.31. The molecule has 1 atom stereocenters. The van der Waals surface area contributed by atoms with Crippen LogP contribution in [0.3, 0.4) is 0 Å². The molecule has 1 aliphatic rings. The van der Waals surface area contributed by atoms with Gasteiger partial charge in [-0.25, -0.2) is 13.1 Å². The van der Waals surface area contributed by atoms with Crippen LogP contribution in [0.25, 0.3) is 0 Å². The summed E-state index contributed by atoms with van der Waals surface area (Å²) in [6.07, 6.45) is 2.18. The molecule has 2 rings (SSSR count). The molecule has 0 radical (unpaired) electrons. The third kappa shape index (κ3) is 3.78. The molecule has 1 fully saturated rings. The van der Waals surface area contributed by atoms with E-state index in [1.54, 1.807) is 11.3 Å². The van der Waals surface area contributed by atoms with Crippen LogP contribution in [0.4, 0.5) is 0 Å². The van der Waals surface area contributed by atoms with Crippen LogP contribution in [-0.2, 0) is 16.4 Å². The van der Waals surface area contributed by atoms with Gasteiger partial charge in [0.1, 0.15) is 0 Å². The van der Waals surface area contributed by atoms with Gasteiger partial charge in [0.2, 0.25) is 10.0 Å². The lowest BCUT2D eigenvalue weighted by molar-refractivity contribution is 0.482. The van der Waals surface area contributed by atoms with Gasteiger partial charge in [-0.2, -0.15) is 11.3 Å². The summed E-state index contributed by atoms with van der Waals surface area (Å²) in [7, 11) is -3.17. The largest absolute Gasteiger partial charge is 0.317 e. The molecule has 6 heteroatoms. The average molecular weight is 288 g/mol. The highest BCUT2D eigenvalue weighted by molar-refractivity contribution is 7.90. The number of sulfonamides is 1. The van der Waals surface area contributed by atoms with E-state index in [0.717, 1.165) is 19.5 Å². The van der Waals surface area contributed by atoms with Gasteiger partial charge in [-0.1, -0.05) is 0 Å². The number of rotatable bonds is 5. The molecule has 0 saturated carbocycles. The maximum atomic E-state index is 12.2. The van der Waals surface area contributed by atoms with E-state index in [1.165, 1.54) is 5.56 Å². The second-order valence-electron chi connectivity index (χ2n) is 4.85. The lowest BCUT2D eigenvalue weighted by atomic mass is 10.1. The molecule has 1 aliphatic heterocycles. The molecule has 0 aliphatic carbocycles. The molecule has 1 aromatic heterocycles. The first-order chi connectivity index (χ1) is 8.58. The van der Waals surface area contributed by atoms with Crippen molar-refractivity contribution in [2.24, 2.45) is 0 Å². The van der Waals surface area contributed by atoms with Gasteiger partial charge < -0.3 is 5.32 Å². The Hall–Kier alpha value is -0.430. The van der Waals surface area contributed by atoms with Crippen molar-refractivity contribution >= 4 is 21.4 Å². The fourth-order valence-corrected chi connectivity index (χ4v) is 4.66. The molecule has 0 spiro atoms. The number of piperidine rings is 1. The van der Waals surface area contributed by atoms with E-state index in [1.807, 2.05) is 18.4 Å². The molecule has 4 nitrogen and oxygen atoms in total. The fraction of sp³-hybridized carbons (Fsp3) is 0.667. The van der Waals surface area contributed by atoms with E-state index in [2.05, 4.69) is 15.4 Å². The maximum absolute atomic E-state index is 12.2. The second-order valence-corrected chi connectivity index (χ2v) is 7.62. The summed E-state index contributed by atoms with van der Waals surface area (Å²) < 4.78 is 27.2. The first kappa shape index (κ1) is 14.0. The highest BCUT2D eigenvalue weighted by Gasteiger charge is 2.28. The highest BCUT2D eigenvalue weighted by Crippen LogP contribution is 2.14. The van der Waals surface area contributed by atoms with E-state index < -0.39 is 10.0 Å². The quantitative estimate of drug-likeness (QED) is 0.860. The monoisotopic (exact) mass is 288 g/mol. The summed E-state index contributed by atoms with van der Waals surface area (Å²) in [5, 5.41) is 7.03. The minimum atomic E-state index is -3.17. The summed E-state index contributed by atoms with van der Waals surface area (Å²) in [6, 6.07) is 2.00. The summed E-state index contributed by atoms with van der Waals surface area (Å²) in [5.41, 5.74) is 1.19. The Morgan fingerprint density at radius 2 is 2.22 bits per heavy atom. The van der Waals surface area contributed by atoms with Crippen LogP contribution in [0.5, 0.6) is 0 Å². The summed E-state index contributed by atoms with van der Waals surface area (Å²) in [6.45, 7) is 3.52. The van der Waals surface area contributed by atoms with Gasteiger partial charge in [0.15, 0.2) is 0 Å². The second kappa shape index (κ2) is 6.14. The van der Waals surface area contributed by atoms with Crippen LogP contribution in [-0.4, -0.2) is 32.8 Å². The van der Waals surface area contributed by atoms with E-state index >= 15 is 0 Å². The van der Waals surface area contributed by atoms with Crippen LogP contribution in [0.15, 0.2) is 16.8 Å². The lowest BCUT2D eigenvalue weighted by Gasteiger charge is -2.24. The summed E-state index contributed by atoms with van der Waals surface area (Å²) in [4.78, 5) is 0. The van der Waals surface area contributed by atoms with Gasteiger partial charge in [0, 0.05) is 6.04 Å². The molecular formula is C12H20N2O2S2. The van der Waals surface area contributed by atoms with Crippen LogP contribution in [0, 0.1) is 0 Å². The Morgan fingerprint density at radius 3 is 2.83 bits per heavy atom. The zero-order valence-electron chi connectivity index (χ0n) is 10.6. The zero-order valence-corrected chi connectivity index (χ0v) is 12.2. The van der Waals surface area contributed by atoms with Gasteiger partial charge in [0.05, 0.1) is 5.25 Å². The fourth-order valence-electron chi connectivity index (χ4n) is 2.29. The number of hydrogen-bond acceptors (Lipinski definition) is 4. The smallest absolute Gasteiger partial charge is 0.214 e. The van der Waals surface area contributed by atoms with Crippen molar-refractivity contribution in [2.75, 3.05) is 13.1 Å². The van der Waals surface area contributed by atoms with E-state index in [-0.39, 0.29) is 11.3 Å². The van der Waals surface area contributed by atoms with E-state index in [9.17, 15) is 8.42 Å². The first-order valence-corrected chi connectivity index (χ1v) is 8.80. The average Bonchev–Trinajstić information content (AvgIpc) is 2.82. The number of nitrogens with one attached hydrogen (secondary N) is 2. The van der Waals surface area contributed by atoms with Crippen molar-refractivity contribution < 1.29 is 8.42 Å². The van der Waals surface area contributed by atoms with Crippen LogP contribution < -0.4 is 10.0 Å². The Morgan fingerprint density at radius 1 is 1.50 bits per heavy atom. The molecule has 0 bridgehead atoms.